The molecule has 0 radical (unpaired) electrons. The van der Waals surface area contributed by atoms with Crippen LogP contribution < -0.4 is 4.74 Å². The Hall–Kier alpha value is -3.16. The zero-order valence-electron chi connectivity index (χ0n) is 11.9. The number of carboxylic acid groups (broad SMARTS) is 1. The summed E-state index contributed by atoms with van der Waals surface area (Å²) in [6, 6.07) is 11.7. The molecule has 24 heavy (non-hydrogen) atoms. The van der Waals surface area contributed by atoms with Crippen LogP contribution >= 0.6 is 0 Å². The molecule has 0 aliphatic carbocycles. The largest absolute Gasteiger partial charge is 0.573 e. The number of rotatable bonds is 3. The van der Waals surface area contributed by atoms with Gasteiger partial charge in [0.1, 0.15) is 5.75 Å². The summed E-state index contributed by atoms with van der Waals surface area (Å²) in [5.74, 6) is -1.67. The summed E-state index contributed by atoms with van der Waals surface area (Å²) in [6.45, 7) is 0. The number of alkyl halides is 3. The Morgan fingerprint density at radius 2 is 1.67 bits per heavy atom. The average Bonchev–Trinajstić information content (AvgIpc) is 2.53. The Morgan fingerprint density at radius 1 is 1.00 bits per heavy atom. The number of halogens is 3. The SMILES string of the molecule is O=C(O)c1nnc2ccccc2c1-c1ccc(OC(F)(F)F)cc1. The smallest absolute Gasteiger partial charge is 0.476 e. The van der Waals surface area contributed by atoms with Crippen LogP contribution in [0, 0.1) is 0 Å². The Kier molecular flexibility index (Phi) is 3.80. The third-order valence-electron chi connectivity index (χ3n) is 3.25. The van der Waals surface area contributed by atoms with Gasteiger partial charge in [-0.25, -0.2) is 4.79 Å². The van der Waals surface area contributed by atoms with Crippen molar-refractivity contribution >= 4 is 16.9 Å². The van der Waals surface area contributed by atoms with Crippen LogP contribution in [0.1, 0.15) is 10.5 Å². The summed E-state index contributed by atoms with van der Waals surface area (Å²) >= 11 is 0. The van der Waals surface area contributed by atoms with E-state index in [4.69, 9.17) is 0 Å². The minimum absolute atomic E-state index is 0.279. The van der Waals surface area contributed by atoms with Crippen molar-refractivity contribution in [3.05, 3.63) is 54.2 Å². The molecule has 0 bridgehead atoms. The first kappa shape index (κ1) is 15.7. The van der Waals surface area contributed by atoms with E-state index < -0.39 is 18.1 Å². The zero-order valence-corrected chi connectivity index (χ0v) is 11.9. The molecule has 0 aliphatic heterocycles. The first-order valence-electron chi connectivity index (χ1n) is 6.70. The average molecular weight is 334 g/mol. The number of carboxylic acids is 1. The van der Waals surface area contributed by atoms with Gasteiger partial charge >= 0.3 is 12.3 Å². The van der Waals surface area contributed by atoms with Crippen LogP contribution in [-0.2, 0) is 0 Å². The molecule has 8 heteroatoms. The second-order valence-electron chi connectivity index (χ2n) is 4.82. The first-order chi connectivity index (χ1) is 11.3. The van der Waals surface area contributed by atoms with Crippen molar-refractivity contribution in [3.63, 3.8) is 0 Å². The van der Waals surface area contributed by atoms with E-state index in [1.165, 1.54) is 12.1 Å². The number of carbonyl (C=O) groups is 1. The van der Waals surface area contributed by atoms with Crippen molar-refractivity contribution < 1.29 is 27.8 Å². The van der Waals surface area contributed by atoms with Gasteiger partial charge in [0.15, 0.2) is 5.69 Å². The summed E-state index contributed by atoms with van der Waals surface area (Å²) in [5, 5.41) is 17.4. The van der Waals surface area contributed by atoms with Crippen molar-refractivity contribution in [2.45, 2.75) is 6.36 Å². The van der Waals surface area contributed by atoms with Gasteiger partial charge in [-0.15, -0.1) is 23.4 Å². The molecule has 0 fully saturated rings. The standard InChI is InChI=1S/C16H9F3N2O3/c17-16(18,19)24-10-7-5-9(6-8-10)13-11-3-1-2-4-12(11)20-21-14(13)15(22)23/h1-8H,(H,22,23). The highest BCUT2D eigenvalue weighted by atomic mass is 19.4. The van der Waals surface area contributed by atoms with E-state index in [1.807, 2.05) is 0 Å². The molecule has 0 amide bonds. The Balaban J connectivity index is 2.14. The first-order valence-corrected chi connectivity index (χ1v) is 6.70. The van der Waals surface area contributed by atoms with Gasteiger partial charge in [0, 0.05) is 10.9 Å². The van der Waals surface area contributed by atoms with Crippen molar-refractivity contribution in [2.75, 3.05) is 0 Å². The molecular formula is C16H9F3N2O3. The molecule has 0 saturated heterocycles. The van der Waals surface area contributed by atoms with Crippen LogP contribution in [0.25, 0.3) is 22.0 Å². The molecule has 122 valence electrons. The fraction of sp³-hybridized carbons (Fsp3) is 0.0625. The van der Waals surface area contributed by atoms with Crippen LogP contribution in [-0.4, -0.2) is 27.6 Å². The molecule has 0 spiro atoms. The summed E-state index contributed by atoms with van der Waals surface area (Å²) in [5.41, 5.74) is 0.881. The van der Waals surface area contributed by atoms with E-state index >= 15 is 0 Å². The Bertz CT molecular complexity index is 909. The number of hydrogen-bond acceptors (Lipinski definition) is 4. The fourth-order valence-corrected chi connectivity index (χ4v) is 2.32. The predicted molar refractivity (Wildman–Crippen MR) is 78.6 cm³/mol. The molecule has 3 rings (SSSR count). The van der Waals surface area contributed by atoms with Gasteiger partial charge in [-0.3, -0.25) is 0 Å². The van der Waals surface area contributed by atoms with Gasteiger partial charge in [0.05, 0.1) is 5.52 Å². The number of aromatic carboxylic acids is 1. The van der Waals surface area contributed by atoms with Crippen LogP contribution in [0.2, 0.25) is 0 Å². The lowest BCUT2D eigenvalue weighted by atomic mass is 9.99. The maximum absolute atomic E-state index is 12.2. The number of nitrogens with zero attached hydrogens (tertiary/aromatic N) is 2. The number of hydrogen-bond donors (Lipinski definition) is 1. The third kappa shape index (κ3) is 3.12. The Labute approximate surface area is 133 Å². The summed E-state index contributed by atoms with van der Waals surface area (Å²) < 4.78 is 40.5. The quantitative estimate of drug-likeness (QED) is 0.786. The summed E-state index contributed by atoms with van der Waals surface area (Å²) in [4.78, 5) is 11.4. The summed E-state index contributed by atoms with van der Waals surface area (Å²) in [7, 11) is 0. The molecule has 1 aromatic heterocycles. The molecule has 5 nitrogen and oxygen atoms in total. The highest BCUT2D eigenvalue weighted by Crippen LogP contribution is 2.32. The molecule has 0 saturated carbocycles. The molecule has 0 atom stereocenters. The molecule has 0 unspecified atom stereocenters. The van der Waals surface area contributed by atoms with Crippen molar-refractivity contribution in [1.82, 2.24) is 10.2 Å². The van der Waals surface area contributed by atoms with Gasteiger partial charge in [-0.2, -0.15) is 0 Å². The van der Waals surface area contributed by atoms with Gasteiger partial charge in [0.2, 0.25) is 0 Å². The van der Waals surface area contributed by atoms with Crippen molar-refractivity contribution in [2.24, 2.45) is 0 Å². The van der Waals surface area contributed by atoms with E-state index in [-0.39, 0.29) is 11.3 Å². The molecule has 1 N–H and O–H groups in total. The lowest BCUT2D eigenvalue weighted by molar-refractivity contribution is -0.274. The van der Waals surface area contributed by atoms with Gasteiger partial charge in [-0.1, -0.05) is 30.3 Å². The molecular weight excluding hydrogens is 325 g/mol. The minimum atomic E-state index is -4.79. The zero-order chi connectivity index (χ0) is 17.3. The normalized spacial score (nSPS) is 11.5. The predicted octanol–water partition coefficient (Wildman–Crippen LogP) is 3.89. The highest BCUT2D eigenvalue weighted by Gasteiger charge is 2.31. The lowest BCUT2D eigenvalue weighted by Crippen LogP contribution is -2.17. The second kappa shape index (κ2) is 5.80. The Morgan fingerprint density at radius 3 is 2.29 bits per heavy atom. The van der Waals surface area contributed by atoms with Crippen LogP contribution in [0.5, 0.6) is 5.75 Å². The van der Waals surface area contributed by atoms with E-state index in [9.17, 15) is 23.1 Å². The van der Waals surface area contributed by atoms with E-state index in [1.54, 1.807) is 24.3 Å². The molecule has 3 aromatic rings. The van der Waals surface area contributed by atoms with Crippen LogP contribution in [0.3, 0.4) is 0 Å². The number of fused-ring (bicyclic) bond motifs is 1. The number of benzene rings is 2. The summed E-state index contributed by atoms with van der Waals surface area (Å²) in [6.07, 6.45) is -4.79. The van der Waals surface area contributed by atoms with Gasteiger partial charge < -0.3 is 9.84 Å². The van der Waals surface area contributed by atoms with E-state index in [0.717, 1.165) is 12.1 Å². The van der Waals surface area contributed by atoms with Crippen molar-refractivity contribution in [1.29, 1.82) is 0 Å². The molecule has 2 aromatic carbocycles. The monoisotopic (exact) mass is 334 g/mol. The van der Waals surface area contributed by atoms with Crippen LogP contribution in [0.4, 0.5) is 13.2 Å². The molecule has 1 heterocycles. The third-order valence-corrected chi connectivity index (χ3v) is 3.25. The van der Waals surface area contributed by atoms with Gasteiger partial charge in [0.25, 0.3) is 0 Å². The van der Waals surface area contributed by atoms with Crippen LogP contribution in [0.15, 0.2) is 48.5 Å². The van der Waals surface area contributed by atoms with E-state index in [2.05, 4.69) is 14.9 Å². The minimum Gasteiger partial charge on any atom is -0.476 e. The topological polar surface area (TPSA) is 72.3 Å². The van der Waals surface area contributed by atoms with Gasteiger partial charge in [-0.05, 0) is 23.8 Å². The fourth-order valence-electron chi connectivity index (χ4n) is 2.32. The lowest BCUT2D eigenvalue weighted by Gasteiger charge is -2.11. The maximum Gasteiger partial charge on any atom is 0.573 e. The maximum atomic E-state index is 12.2. The second-order valence-corrected chi connectivity index (χ2v) is 4.82. The number of aromatic nitrogens is 2. The highest BCUT2D eigenvalue weighted by molar-refractivity contribution is 6.04. The number of ether oxygens (including phenoxy) is 1. The molecule has 0 aliphatic rings. The van der Waals surface area contributed by atoms with E-state index in [0.29, 0.717) is 16.5 Å². The van der Waals surface area contributed by atoms with Crippen molar-refractivity contribution in [3.8, 4) is 16.9 Å².